The minimum atomic E-state index is -1.25. The van der Waals surface area contributed by atoms with Gasteiger partial charge in [0.05, 0.1) is 0 Å². The fourth-order valence-electron chi connectivity index (χ4n) is 2.73. The number of rotatable bonds is 8. The summed E-state index contributed by atoms with van der Waals surface area (Å²) in [4.78, 5) is 54.3. The van der Waals surface area contributed by atoms with Crippen LogP contribution in [0.15, 0.2) is 34.5 Å². The van der Waals surface area contributed by atoms with Crippen LogP contribution < -0.4 is 20.8 Å². The van der Waals surface area contributed by atoms with Gasteiger partial charge in [-0.1, -0.05) is 0 Å². The number of carboxylic acids is 4. The number of aliphatic imine (C=N–C) groups is 2. The summed E-state index contributed by atoms with van der Waals surface area (Å²) in [5.41, 5.74) is 0.921. The van der Waals surface area contributed by atoms with Crippen molar-refractivity contribution in [1.82, 2.24) is 20.6 Å². The molecule has 8 N–H and O–H groups in total. The van der Waals surface area contributed by atoms with Crippen molar-refractivity contribution in [1.29, 1.82) is 10.8 Å². The van der Waals surface area contributed by atoms with Crippen molar-refractivity contribution in [2.45, 2.75) is 79.6 Å². The second kappa shape index (κ2) is 23.8. The molecule has 2 aromatic heterocycles. The molecule has 0 atom stereocenters. The summed E-state index contributed by atoms with van der Waals surface area (Å²) in [6, 6.07) is 3.11. The maximum absolute atomic E-state index is 10.5. The van der Waals surface area contributed by atoms with E-state index in [2.05, 4.69) is 30.6 Å². The number of hydrogen-bond donors (Lipinski definition) is 8. The molecule has 0 aromatic carbocycles. The van der Waals surface area contributed by atoms with Crippen molar-refractivity contribution in [3.05, 3.63) is 47.0 Å². The molecular formula is C28H42N8O8Ru. The van der Waals surface area contributed by atoms with Crippen LogP contribution in [0.5, 0.6) is 0 Å². The van der Waals surface area contributed by atoms with Crippen molar-refractivity contribution in [2.75, 3.05) is 0 Å². The Morgan fingerprint density at radius 2 is 1.00 bits per heavy atom. The van der Waals surface area contributed by atoms with Crippen LogP contribution in [-0.2, 0) is 29.1 Å². The van der Waals surface area contributed by atoms with Crippen LogP contribution in [0.25, 0.3) is 0 Å². The summed E-state index contributed by atoms with van der Waals surface area (Å²) in [6.45, 7) is 14.6. The van der Waals surface area contributed by atoms with Gasteiger partial charge >= 0.3 is 31.4 Å². The number of carboxylic acid groups (broad SMARTS) is 4. The normalized spacial score (nSPS) is 10.7. The number of amidine groups is 2. The summed E-state index contributed by atoms with van der Waals surface area (Å²) in [5, 5.41) is 56.8. The first-order valence-corrected chi connectivity index (χ1v) is 13.3. The molecule has 0 aliphatic heterocycles. The smallest absolute Gasteiger partial charge is 0.542 e. The first-order valence-electron chi connectivity index (χ1n) is 13.3. The van der Waals surface area contributed by atoms with Gasteiger partial charge in [-0.3, -0.25) is 9.98 Å². The average Bonchev–Trinajstić information content (AvgIpc) is 3.57. The Hall–Kier alpha value is -4.66. The monoisotopic (exact) mass is 720 g/mol. The number of aromatic amines is 2. The van der Waals surface area contributed by atoms with Crippen molar-refractivity contribution in [3.8, 4) is 0 Å². The van der Waals surface area contributed by atoms with E-state index in [1.807, 2.05) is 55.4 Å². The molecule has 0 saturated carbocycles. The molecule has 0 radical (unpaired) electrons. The standard InChI is InChI=1S/2C8H16N2O2.2C6H6N2O2.Ru/c2*1-5(2)9-7(8(11)12)10-6(3)4;2*7-3-4-1-2-8-5(4)6(9)10;/h2*5-6H,1-4H3,(H,9,10)(H,11,12);2*1-3,7-8H,(H,9,10);/q;;;;+2/p-2. The van der Waals surface area contributed by atoms with Gasteiger partial charge in [-0.25, -0.2) is 9.59 Å². The summed E-state index contributed by atoms with van der Waals surface area (Å²) >= 11 is 0. The van der Waals surface area contributed by atoms with Crippen LogP contribution in [0.4, 0.5) is 0 Å². The van der Waals surface area contributed by atoms with E-state index in [0.29, 0.717) is 11.1 Å². The summed E-state index contributed by atoms with van der Waals surface area (Å²) in [5.74, 6) is -4.72. The zero-order valence-electron chi connectivity index (χ0n) is 26.4. The maximum atomic E-state index is 10.5. The van der Waals surface area contributed by atoms with Crippen LogP contribution in [0.1, 0.15) is 87.5 Å². The summed E-state index contributed by atoms with van der Waals surface area (Å²) in [6.07, 6.45) is 4.98. The molecule has 2 rings (SSSR count). The molecule has 0 fully saturated rings. The van der Waals surface area contributed by atoms with Gasteiger partial charge < -0.3 is 61.4 Å². The van der Waals surface area contributed by atoms with E-state index >= 15 is 0 Å². The van der Waals surface area contributed by atoms with Crippen LogP contribution in [0.3, 0.4) is 0 Å². The van der Waals surface area contributed by atoms with Crippen LogP contribution >= 0.6 is 0 Å². The Morgan fingerprint density at radius 3 is 1.16 bits per heavy atom. The number of aromatic carboxylic acids is 2. The molecule has 16 nitrogen and oxygen atoms in total. The van der Waals surface area contributed by atoms with Crippen LogP contribution in [-0.4, -0.2) is 92.3 Å². The van der Waals surface area contributed by atoms with Gasteiger partial charge in [0.15, 0.2) is 0 Å². The van der Waals surface area contributed by atoms with Crippen LogP contribution in [0, 0.1) is 10.8 Å². The number of aromatic nitrogens is 2. The van der Waals surface area contributed by atoms with Gasteiger partial charge in [-0.15, -0.1) is 0 Å². The van der Waals surface area contributed by atoms with Gasteiger partial charge in [-0.2, -0.15) is 0 Å². The van der Waals surface area contributed by atoms with E-state index < -0.39 is 23.9 Å². The fourth-order valence-corrected chi connectivity index (χ4v) is 2.73. The van der Waals surface area contributed by atoms with Gasteiger partial charge in [0.2, 0.25) is 0 Å². The zero-order chi connectivity index (χ0) is 34.6. The fraction of sp³-hybridized carbons (Fsp3) is 0.429. The minimum Gasteiger partial charge on any atom is -0.542 e. The third-order valence-electron chi connectivity index (χ3n) is 4.31. The average molecular weight is 720 g/mol. The molecule has 0 spiro atoms. The van der Waals surface area contributed by atoms with E-state index in [9.17, 15) is 29.4 Å². The predicted octanol–water partition coefficient (Wildman–Crippen LogP) is 0.501. The Kier molecular flexibility index (Phi) is 23.6. The van der Waals surface area contributed by atoms with Crippen molar-refractivity contribution < 1.29 is 59.1 Å². The third kappa shape index (κ3) is 20.8. The second-order valence-corrected chi connectivity index (χ2v) is 9.83. The Balaban J connectivity index is -0.000000520. The summed E-state index contributed by atoms with van der Waals surface area (Å²) in [7, 11) is 0. The Morgan fingerprint density at radius 1 is 0.711 bits per heavy atom. The van der Waals surface area contributed by atoms with Crippen LogP contribution in [0.2, 0.25) is 0 Å². The van der Waals surface area contributed by atoms with E-state index in [1.165, 1.54) is 24.5 Å². The number of carbonyl (C=O) groups is 4. The Bertz CT molecular complexity index is 1200. The topological polar surface area (TPSA) is 283 Å². The largest absolute Gasteiger partial charge is 2.00 e. The molecule has 250 valence electrons. The molecular weight excluding hydrogens is 677 g/mol. The van der Waals surface area contributed by atoms with Gasteiger partial charge in [0.1, 0.15) is 35.0 Å². The number of hydrogen-bond acceptors (Lipinski definition) is 10. The van der Waals surface area contributed by atoms with Crippen molar-refractivity contribution >= 4 is 48.0 Å². The molecule has 0 aliphatic carbocycles. The molecule has 0 bridgehead atoms. The molecule has 0 unspecified atom stereocenters. The van der Waals surface area contributed by atoms with Gasteiger partial charge in [-0.05, 0) is 67.5 Å². The second-order valence-electron chi connectivity index (χ2n) is 9.83. The van der Waals surface area contributed by atoms with E-state index in [4.69, 9.17) is 21.0 Å². The molecule has 2 heterocycles. The minimum absolute atomic E-state index is 0. The van der Waals surface area contributed by atoms with Crippen molar-refractivity contribution in [3.63, 3.8) is 0 Å². The number of nitrogens with one attached hydrogen (secondary N) is 6. The number of nitrogens with zero attached hydrogens (tertiary/aromatic N) is 2. The quantitative estimate of drug-likeness (QED) is 0.106. The van der Waals surface area contributed by atoms with E-state index in [1.54, 1.807) is 0 Å². The van der Waals surface area contributed by atoms with Gasteiger partial charge in [0, 0.05) is 60.1 Å². The molecule has 2 aromatic rings. The first kappa shape index (κ1) is 44.8. The molecule has 17 heteroatoms. The van der Waals surface area contributed by atoms with E-state index in [-0.39, 0.29) is 66.7 Å². The molecule has 0 amide bonds. The number of H-pyrrole nitrogens is 2. The van der Waals surface area contributed by atoms with E-state index in [0.717, 1.165) is 12.4 Å². The zero-order valence-corrected chi connectivity index (χ0v) is 28.1. The number of carbonyl (C=O) groups excluding carboxylic acids is 2. The molecule has 0 saturated heterocycles. The molecule has 0 aliphatic rings. The number of aliphatic carboxylic acids is 2. The first-order chi connectivity index (χ1) is 20.4. The Labute approximate surface area is 274 Å². The third-order valence-corrected chi connectivity index (χ3v) is 4.31. The maximum Gasteiger partial charge on any atom is 2.00 e. The predicted molar refractivity (Wildman–Crippen MR) is 163 cm³/mol. The summed E-state index contributed by atoms with van der Waals surface area (Å²) < 4.78 is 0. The van der Waals surface area contributed by atoms with Gasteiger partial charge in [0.25, 0.3) is 0 Å². The van der Waals surface area contributed by atoms with Crippen molar-refractivity contribution in [2.24, 2.45) is 9.98 Å². The molecule has 45 heavy (non-hydrogen) atoms. The SMILES string of the molecule is CC(C)N=C(NC(C)C)C(=O)[O-].CC(C)N=C(NC(C)C)C(=O)[O-].N=Cc1cc[nH]c1C(=O)O.N=Cc1cc[nH]c1C(=O)O.[Ru+2].